The Bertz CT molecular complexity index is 1810. The smallest absolute Gasteiger partial charge is 0.453 e. The highest BCUT2D eigenvalue weighted by atomic mass is 35.5. The quantitative estimate of drug-likeness (QED) is 0.133. The van der Waals surface area contributed by atoms with Crippen LogP contribution in [0.2, 0.25) is 0 Å². The predicted octanol–water partition coefficient (Wildman–Crippen LogP) is 7.30. The molecule has 4 aliphatic rings. The molecule has 0 radical (unpaired) electrons. The van der Waals surface area contributed by atoms with Crippen LogP contribution in [0.4, 0.5) is 9.59 Å². The van der Waals surface area contributed by atoms with E-state index in [9.17, 15) is 19.2 Å². The molecule has 0 saturated carbocycles. The second kappa shape index (κ2) is 17.8. The minimum Gasteiger partial charge on any atom is -0.453 e. The molecule has 2 aliphatic carbocycles. The van der Waals surface area contributed by atoms with Crippen molar-refractivity contribution in [3.63, 3.8) is 0 Å². The summed E-state index contributed by atoms with van der Waals surface area (Å²) >= 11 is 5.25. The maximum absolute atomic E-state index is 11.9. The fourth-order valence-corrected chi connectivity index (χ4v) is 7.07. The lowest BCUT2D eigenvalue weighted by Gasteiger charge is -2.15. The minimum atomic E-state index is -0.753. The number of nitrogens with one attached hydrogen (secondary N) is 2. The van der Waals surface area contributed by atoms with Crippen LogP contribution >= 0.6 is 11.6 Å². The van der Waals surface area contributed by atoms with Crippen molar-refractivity contribution in [3.05, 3.63) is 119 Å². The van der Waals surface area contributed by atoms with E-state index in [4.69, 9.17) is 30.9 Å². The maximum atomic E-state index is 11.9. The molecular formula is C41H43ClN2O8. The molecule has 10 nitrogen and oxygen atoms in total. The van der Waals surface area contributed by atoms with Gasteiger partial charge in [0.2, 0.25) is 11.8 Å². The van der Waals surface area contributed by atoms with Crippen LogP contribution in [0.15, 0.2) is 97.1 Å². The second-order valence-electron chi connectivity index (χ2n) is 12.7. The molecule has 2 heterocycles. The molecule has 2 unspecified atom stereocenters. The van der Waals surface area contributed by atoms with Gasteiger partial charge in [0.1, 0.15) is 19.8 Å². The molecule has 2 atom stereocenters. The first-order chi connectivity index (χ1) is 24.8. The standard InChI is InChI=1S/C20H19NO4.C15H11ClO2.C5H9NO2.CH4/c22-19-10-9-13(21-19)11-24-20(23)25-12-18-16-7-3-1-5-14(16)15-6-2-4-8-17(15)18;16-15(17)18-9-14-12-7-3-1-5-10(12)11-6-2-4-8-13(11)14;7-3-4-1-2-5(8)6-4;/h1-8,13,18H,9-12H2,(H,21,22);1-8,14H,9H2;4,7H,1-3H2,(H,6,8);1H4. The summed E-state index contributed by atoms with van der Waals surface area (Å²) in [5.41, 5.74) is 8.76. The summed E-state index contributed by atoms with van der Waals surface area (Å²) in [6.07, 6.45) is 1.84. The average molecular weight is 727 g/mol. The third kappa shape index (κ3) is 8.99. The number of halogens is 1. The third-order valence-corrected chi connectivity index (χ3v) is 9.56. The first kappa shape index (κ1) is 38.1. The number of aliphatic hydroxyl groups is 1. The summed E-state index contributed by atoms with van der Waals surface area (Å²) < 4.78 is 15.5. The number of ether oxygens (including phenoxy) is 3. The molecule has 0 aromatic heterocycles. The van der Waals surface area contributed by atoms with E-state index in [1.54, 1.807) is 0 Å². The summed E-state index contributed by atoms with van der Waals surface area (Å²) in [6.45, 7) is 0.758. The van der Waals surface area contributed by atoms with Gasteiger partial charge in [0.25, 0.3) is 0 Å². The van der Waals surface area contributed by atoms with Crippen molar-refractivity contribution in [2.45, 2.75) is 57.0 Å². The zero-order chi connectivity index (χ0) is 35.7. The van der Waals surface area contributed by atoms with E-state index < -0.39 is 11.6 Å². The van der Waals surface area contributed by atoms with Gasteiger partial charge in [0, 0.05) is 36.3 Å². The summed E-state index contributed by atoms with van der Waals surface area (Å²) in [5.74, 6) is 0.163. The summed E-state index contributed by atoms with van der Waals surface area (Å²) in [6, 6.07) is 32.7. The van der Waals surface area contributed by atoms with E-state index in [0.717, 1.165) is 6.42 Å². The van der Waals surface area contributed by atoms with Gasteiger partial charge in [-0.1, -0.05) is 104 Å². The number of hydrogen-bond donors (Lipinski definition) is 3. The van der Waals surface area contributed by atoms with Crippen molar-refractivity contribution < 1.29 is 38.5 Å². The van der Waals surface area contributed by atoms with Crippen LogP contribution in [0.3, 0.4) is 0 Å². The Hall–Kier alpha value is -5.19. The number of aliphatic hydroxyl groups excluding tert-OH is 1. The number of carbonyl (C=O) groups excluding carboxylic acids is 4. The molecule has 8 rings (SSSR count). The van der Waals surface area contributed by atoms with Gasteiger partial charge in [0.05, 0.1) is 18.7 Å². The summed E-state index contributed by atoms with van der Waals surface area (Å²) in [4.78, 5) is 44.2. The SMILES string of the molecule is C.O=C(Cl)OCC1c2ccccc2-c2ccccc21.O=C1CCC(CO)N1.O=C1CCC(COC(=O)OCC2c3ccccc3-c3ccccc32)N1. The van der Waals surface area contributed by atoms with Crippen LogP contribution in [0.1, 0.15) is 67.2 Å². The van der Waals surface area contributed by atoms with Gasteiger partial charge >= 0.3 is 11.6 Å². The van der Waals surface area contributed by atoms with Gasteiger partial charge < -0.3 is 30.0 Å². The van der Waals surface area contributed by atoms with Gasteiger partial charge in [-0.3, -0.25) is 9.59 Å². The van der Waals surface area contributed by atoms with Crippen LogP contribution in [-0.2, 0) is 23.8 Å². The number of hydrogen-bond acceptors (Lipinski definition) is 8. The number of carbonyl (C=O) groups is 4. The Morgan fingerprint density at radius 2 is 0.962 bits per heavy atom. The van der Waals surface area contributed by atoms with Gasteiger partial charge in [-0.05, 0) is 57.3 Å². The molecule has 2 aliphatic heterocycles. The molecule has 4 aromatic carbocycles. The van der Waals surface area contributed by atoms with E-state index >= 15 is 0 Å². The zero-order valence-corrected chi connectivity index (χ0v) is 28.6. The minimum absolute atomic E-state index is 0. The fraction of sp³-hybridized carbons (Fsp3) is 0.317. The lowest BCUT2D eigenvalue weighted by Crippen LogP contribution is -2.31. The van der Waals surface area contributed by atoms with Gasteiger partial charge in [-0.15, -0.1) is 0 Å². The molecule has 0 bridgehead atoms. The van der Waals surface area contributed by atoms with E-state index in [0.29, 0.717) is 19.3 Å². The first-order valence-corrected chi connectivity index (χ1v) is 17.4. The van der Waals surface area contributed by atoms with Crippen molar-refractivity contribution in [2.75, 3.05) is 26.4 Å². The highest BCUT2D eigenvalue weighted by molar-refractivity contribution is 6.61. The Morgan fingerprint density at radius 3 is 1.31 bits per heavy atom. The van der Waals surface area contributed by atoms with Gasteiger partial charge in [-0.2, -0.15) is 0 Å². The average Bonchev–Trinajstić information content (AvgIpc) is 3.93. The largest absolute Gasteiger partial charge is 0.508 e. The van der Waals surface area contributed by atoms with Crippen molar-refractivity contribution in [1.29, 1.82) is 0 Å². The van der Waals surface area contributed by atoms with Crippen LogP contribution in [0.5, 0.6) is 0 Å². The molecule has 2 fully saturated rings. The summed E-state index contributed by atoms with van der Waals surface area (Å²) in [7, 11) is 0. The molecule has 272 valence electrons. The number of amides is 2. The molecule has 2 saturated heterocycles. The summed E-state index contributed by atoms with van der Waals surface area (Å²) in [5, 5.41) is 13.8. The monoisotopic (exact) mass is 726 g/mol. The molecular weight excluding hydrogens is 684 g/mol. The first-order valence-electron chi connectivity index (χ1n) is 17.0. The Labute approximate surface area is 308 Å². The number of fused-ring (bicyclic) bond motifs is 6. The third-order valence-electron chi connectivity index (χ3n) is 9.45. The topological polar surface area (TPSA) is 140 Å². The lowest BCUT2D eigenvalue weighted by molar-refractivity contribution is -0.120. The van der Waals surface area contributed by atoms with E-state index in [2.05, 4.69) is 59.2 Å². The normalized spacial score (nSPS) is 17.7. The Kier molecular flexibility index (Phi) is 13.1. The highest BCUT2D eigenvalue weighted by Gasteiger charge is 2.30. The molecule has 3 N–H and O–H groups in total. The molecule has 11 heteroatoms. The zero-order valence-electron chi connectivity index (χ0n) is 27.9. The maximum Gasteiger partial charge on any atom is 0.508 e. The van der Waals surface area contributed by atoms with E-state index in [1.165, 1.54) is 44.5 Å². The molecule has 2 amide bonds. The number of rotatable bonds is 7. The fourth-order valence-electron chi connectivity index (χ4n) is 7.01. The van der Waals surface area contributed by atoms with Crippen molar-refractivity contribution in [3.8, 4) is 22.3 Å². The van der Waals surface area contributed by atoms with Gasteiger partial charge in [0.15, 0.2) is 0 Å². The van der Waals surface area contributed by atoms with Crippen molar-refractivity contribution >= 4 is 35.0 Å². The van der Waals surface area contributed by atoms with Crippen molar-refractivity contribution in [1.82, 2.24) is 10.6 Å². The van der Waals surface area contributed by atoms with Crippen molar-refractivity contribution in [2.24, 2.45) is 0 Å². The van der Waals surface area contributed by atoms with Crippen LogP contribution in [-0.4, -0.2) is 67.0 Å². The predicted molar refractivity (Wildman–Crippen MR) is 198 cm³/mol. The molecule has 0 spiro atoms. The van der Waals surface area contributed by atoms with Gasteiger partial charge in [-0.25, -0.2) is 9.59 Å². The van der Waals surface area contributed by atoms with E-state index in [-0.39, 0.29) is 69.6 Å². The molecule has 4 aromatic rings. The van der Waals surface area contributed by atoms with Crippen LogP contribution in [0, 0.1) is 0 Å². The van der Waals surface area contributed by atoms with E-state index in [1.807, 2.05) is 48.5 Å². The van der Waals surface area contributed by atoms with Crippen LogP contribution < -0.4 is 10.6 Å². The Morgan fingerprint density at radius 1 is 0.596 bits per heavy atom. The number of benzene rings is 4. The lowest BCUT2D eigenvalue weighted by atomic mass is 9.98. The Balaban J connectivity index is 0.000000169. The molecule has 52 heavy (non-hydrogen) atoms. The highest BCUT2D eigenvalue weighted by Crippen LogP contribution is 2.45. The second-order valence-corrected chi connectivity index (χ2v) is 13.0. The van der Waals surface area contributed by atoms with Crippen LogP contribution in [0.25, 0.3) is 22.3 Å².